The van der Waals surface area contributed by atoms with Crippen molar-refractivity contribution in [1.82, 2.24) is 4.72 Å². The quantitative estimate of drug-likeness (QED) is 0.576. The number of benzene rings is 1. The maximum atomic E-state index is 12.1. The van der Waals surface area contributed by atoms with Gasteiger partial charge in [-0.15, -0.1) is 0 Å². The summed E-state index contributed by atoms with van der Waals surface area (Å²) in [5, 5.41) is 0. The topological polar surface area (TPSA) is 81.4 Å². The molecule has 0 spiro atoms. The molecular formula is C12H20N2O3S. The van der Waals surface area contributed by atoms with Crippen LogP contribution < -0.4 is 10.5 Å². The number of ether oxygens (including phenoxy) is 1. The van der Waals surface area contributed by atoms with Crippen molar-refractivity contribution in [3.8, 4) is 0 Å². The van der Waals surface area contributed by atoms with Crippen LogP contribution in [-0.4, -0.2) is 28.7 Å². The number of rotatable bonds is 7. The number of hydrogen-bond acceptors (Lipinski definition) is 4. The molecule has 0 aromatic heterocycles. The Labute approximate surface area is 108 Å². The first kappa shape index (κ1) is 14.9. The molecule has 0 atom stereocenters. The lowest BCUT2D eigenvalue weighted by Gasteiger charge is -2.11. The lowest BCUT2D eigenvalue weighted by atomic mass is 10.1. The Morgan fingerprint density at radius 1 is 1.39 bits per heavy atom. The van der Waals surface area contributed by atoms with E-state index < -0.39 is 10.0 Å². The Balaban J connectivity index is 2.87. The van der Waals surface area contributed by atoms with Gasteiger partial charge in [-0.05, 0) is 30.5 Å². The zero-order chi connectivity index (χ0) is 13.6. The maximum absolute atomic E-state index is 12.1. The summed E-state index contributed by atoms with van der Waals surface area (Å²) in [6, 6.07) is 4.96. The van der Waals surface area contributed by atoms with Crippen LogP contribution in [-0.2, 0) is 21.2 Å². The van der Waals surface area contributed by atoms with Crippen LogP contribution in [0.5, 0.6) is 0 Å². The highest BCUT2D eigenvalue weighted by atomic mass is 32.2. The normalized spacial score (nSPS) is 11.7. The third kappa shape index (κ3) is 3.97. The number of aryl methyl sites for hydroxylation is 1. The van der Waals surface area contributed by atoms with Crippen LogP contribution in [0, 0.1) is 0 Å². The summed E-state index contributed by atoms with van der Waals surface area (Å²) in [5.41, 5.74) is 6.86. The fourth-order valence-corrected chi connectivity index (χ4v) is 3.03. The number of nitrogens with one attached hydrogen (secondary N) is 1. The average Bonchev–Trinajstić information content (AvgIpc) is 2.35. The second-order valence-electron chi connectivity index (χ2n) is 3.96. The van der Waals surface area contributed by atoms with Gasteiger partial charge in [-0.1, -0.05) is 13.0 Å². The molecule has 0 aliphatic rings. The van der Waals surface area contributed by atoms with E-state index >= 15 is 0 Å². The van der Waals surface area contributed by atoms with E-state index in [0.29, 0.717) is 31.7 Å². The van der Waals surface area contributed by atoms with E-state index in [0.717, 1.165) is 5.56 Å². The van der Waals surface area contributed by atoms with E-state index in [2.05, 4.69) is 4.72 Å². The van der Waals surface area contributed by atoms with Gasteiger partial charge in [0.1, 0.15) is 0 Å². The first-order valence-corrected chi connectivity index (χ1v) is 7.36. The second-order valence-corrected chi connectivity index (χ2v) is 5.70. The molecule has 0 aliphatic carbocycles. The van der Waals surface area contributed by atoms with Crippen LogP contribution in [0.1, 0.15) is 18.9 Å². The molecule has 0 aliphatic heterocycles. The van der Waals surface area contributed by atoms with Crippen molar-refractivity contribution in [3.05, 3.63) is 23.8 Å². The van der Waals surface area contributed by atoms with Crippen LogP contribution in [0.15, 0.2) is 23.1 Å². The van der Waals surface area contributed by atoms with Crippen molar-refractivity contribution in [2.75, 3.05) is 26.0 Å². The Bertz CT molecular complexity index is 486. The molecule has 0 bridgehead atoms. The van der Waals surface area contributed by atoms with Gasteiger partial charge in [-0.2, -0.15) is 0 Å². The molecule has 3 N–H and O–H groups in total. The van der Waals surface area contributed by atoms with Gasteiger partial charge in [0, 0.05) is 25.9 Å². The Morgan fingerprint density at radius 3 is 2.72 bits per heavy atom. The lowest BCUT2D eigenvalue weighted by Crippen LogP contribution is -2.26. The maximum Gasteiger partial charge on any atom is 0.240 e. The lowest BCUT2D eigenvalue weighted by molar-refractivity contribution is 0.196. The summed E-state index contributed by atoms with van der Waals surface area (Å²) in [6.45, 7) is 2.80. The van der Waals surface area contributed by atoms with Gasteiger partial charge in [0.2, 0.25) is 10.0 Å². The fraction of sp³-hybridized carbons (Fsp3) is 0.500. The predicted octanol–water partition coefficient (Wildman–Crippen LogP) is 1.15. The zero-order valence-corrected chi connectivity index (χ0v) is 11.6. The summed E-state index contributed by atoms with van der Waals surface area (Å²) in [7, 11) is -1.91. The molecule has 0 fully saturated rings. The summed E-state index contributed by atoms with van der Waals surface area (Å²) in [5.74, 6) is 0. The summed E-state index contributed by atoms with van der Waals surface area (Å²) in [6.07, 6.45) is 1.29. The molecule has 0 saturated heterocycles. The smallest absolute Gasteiger partial charge is 0.240 e. The molecule has 0 heterocycles. The van der Waals surface area contributed by atoms with E-state index in [4.69, 9.17) is 10.5 Å². The summed E-state index contributed by atoms with van der Waals surface area (Å²) >= 11 is 0. The predicted molar refractivity (Wildman–Crippen MR) is 71.9 cm³/mol. The van der Waals surface area contributed by atoms with E-state index in [1.54, 1.807) is 19.2 Å². The molecule has 1 rings (SSSR count). The molecule has 1 aromatic carbocycles. The van der Waals surface area contributed by atoms with Crippen molar-refractivity contribution < 1.29 is 13.2 Å². The number of hydrogen-bond donors (Lipinski definition) is 2. The number of methoxy groups -OCH3 is 1. The summed E-state index contributed by atoms with van der Waals surface area (Å²) in [4.78, 5) is 0.266. The van der Waals surface area contributed by atoms with E-state index in [9.17, 15) is 8.42 Å². The zero-order valence-electron chi connectivity index (χ0n) is 10.8. The van der Waals surface area contributed by atoms with Crippen molar-refractivity contribution in [1.29, 1.82) is 0 Å². The number of nitrogens with two attached hydrogens (primary N) is 1. The van der Waals surface area contributed by atoms with Crippen LogP contribution in [0.2, 0.25) is 0 Å². The van der Waals surface area contributed by atoms with E-state index in [1.807, 2.05) is 6.92 Å². The van der Waals surface area contributed by atoms with Crippen molar-refractivity contribution >= 4 is 15.7 Å². The third-order valence-electron chi connectivity index (χ3n) is 2.58. The Kier molecular flexibility index (Phi) is 5.58. The van der Waals surface area contributed by atoms with Gasteiger partial charge >= 0.3 is 0 Å². The van der Waals surface area contributed by atoms with Gasteiger partial charge < -0.3 is 10.5 Å². The van der Waals surface area contributed by atoms with Gasteiger partial charge in [0.15, 0.2) is 0 Å². The standard InChI is InChI=1S/C12H20N2O3S/c1-3-10-5-6-11(13)9-12(10)18(15,16)14-7-4-8-17-2/h5-6,9,14H,3-4,7-8,13H2,1-2H3. The molecule has 0 saturated carbocycles. The Morgan fingerprint density at radius 2 is 2.11 bits per heavy atom. The van der Waals surface area contributed by atoms with Gasteiger partial charge in [0.05, 0.1) is 4.90 Å². The molecule has 0 amide bonds. The van der Waals surface area contributed by atoms with Crippen LogP contribution in [0.4, 0.5) is 5.69 Å². The van der Waals surface area contributed by atoms with Crippen molar-refractivity contribution in [2.24, 2.45) is 0 Å². The molecule has 102 valence electrons. The molecule has 5 nitrogen and oxygen atoms in total. The average molecular weight is 272 g/mol. The van der Waals surface area contributed by atoms with Gasteiger partial charge in [-0.25, -0.2) is 13.1 Å². The summed E-state index contributed by atoms with van der Waals surface area (Å²) < 4.78 is 31.7. The SMILES string of the molecule is CCc1ccc(N)cc1S(=O)(=O)NCCCOC. The minimum Gasteiger partial charge on any atom is -0.399 e. The minimum atomic E-state index is -3.49. The number of nitrogen functional groups attached to an aromatic ring is 1. The van der Waals surface area contributed by atoms with Crippen molar-refractivity contribution in [2.45, 2.75) is 24.7 Å². The largest absolute Gasteiger partial charge is 0.399 e. The van der Waals surface area contributed by atoms with Crippen LogP contribution >= 0.6 is 0 Å². The van der Waals surface area contributed by atoms with E-state index in [1.165, 1.54) is 6.07 Å². The third-order valence-corrected chi connectivity index (χ3v) is 4.12. The minimum absolute atomic E-state index is 0.266. The van der Waals surface area contributed by atoms with Crippen LogP contribution in [0.25, 0.3) is 0 Å². The number of anilines is 1. The molecule has 1 aromatic rings. The van der Waals surface area contributed by atoms with E-state index in [-0.39, 0.29) is 4.90 Å². The second kappa shape index (κ2) is 6.72. The first-order valence-electron chi connectivity index (χ1n) is 5.88. The molecule has 18 heavy (non-hydrogen) atoms. The monoisotopic (exact) mass is 272 g/mol. The van der Waals surface area contributed by atoms with Gasteiger partial charge in [-0.3, -0.25) is 0 Å². The van der Waals surface area contributed by atoms with Crippen molar-refractivity contribution in [3.63, 3.8) is 0 Å². The Hall–Kier alpha value is -1.11. The highest BCUT2D eigenvalue weighted by molar-refractivity contribution is 7.89. The highest BCUT2D eigenvalue weighted by Crippen LogP contribution is 2.19. The fourth-order valence-electron chi connectivity index (χ4n) is 1.61. The molecular weight excluding hydrogens is 252 g/mol. The highest BCUT2D eigenvalue weighted by Gasteiger charge is 2.17. The molecule has 0 radical (unpaired) electrons. The van der Waals surface area contributed by atoms with Gasteiger partial charge in [0.25, 0.3) is 0 Å². The molecule has 0 unspecified atom stereocenters. The first-order chi connectivity index (χ1) is 8.51. The number of sulfonamides is 1. The molecule has 6 heteroatoms. The van der Waals surface area contributed by atoms with Crippen LogP contribution in [0.3, 0.4) is 0 Å².